The van der Waals surface area contributed by atoms with Gasteiger partial charge in [0.15, 0.2) is 0 Å². The van der Waals surface area contributed by atoms with Crippen molar-refractivity contribution in [2.45, 2.75) is 26.4 Å². The van der Waals surface area contributed by atoms with Crippen LogP contribution in [0, 0.1) is 0 Å². The summed E-state index contributed by atoms with van der Waals surface area (Å²) in [5, 5.41) is 3.32. The Balaban J connectivity index is 2.04. The van der Waals surface area contributed by atoms with Gasteiger partial charge in [0.2, 0.25) is 0 Å². The second-order valence-electron chi connectivity index (χ2n) is 5.06. The standard InChI is InChI=1S/C14H24N4/c1-4-15-10-13-9-14(5-6-16-13)18-8-7-17(3)12(2)11-18/h5-6,9,12,15H,4,7-8,10-11H2,1-3H3. The van der Waals surface area contributed by atoms with Crippen LogP contribution in [0.25, 0.3) is 0 Å². The van der Waals surface area contributed by atoms with Crippen molar-refractivity contribution in [1.29, 1.82) is 0 Å². The van der Waals surface area contributed by atoms with E-state index in [0.717, 1.165) is 38.4 Å². The summed E-state index contributed by atoms with van der Waals surface area (Å²) in [6, 6.07) is 4.94. The third-order valence-corrected chi connectivity index (χ3v) is 3.68. The molecule has 0 aromatic carbocycles. The maximum Gasteiger partial charge on any atom is 0.0562 e. The molecule has 1 fully saturated rings. The molecule has 4 heteroatoms. The van der Waals surface area contributed by atoms with Crippen molar-refractivity contribution in [3.05, 3.63) is 24.0 Å². The van der Waals surface area contributed by atoms with Crippen LogP contribution in [-0.2, 0) is 6.54 Å². The van der Waals surface area contributed by atoms with Gasteiger partial charge in [-0.1, -0.05) is 6.92 Å². The largest absolute Gasteiger partial charge is 0.369 e. The molecule has 1 unspecified atom stereocenters. The van der Waals surface area contributed by atoms with Crippen LogP contribution in [0.2, 0.25) is 0 Å². The highest BCUT2D eigenvalue weighted by Crippen LogP contribution is 2.18. The maximum atomic E-state index is 4.41. The highest BCUT2D eigenvalue weighted by atomic mass is 15.3. The smallest absolute Gasteiger partial charge is 0.0562 e. The van der Waals surface area contributed by atoms with Crippen molar-refractivity contribution in [3.8, 4) is 0 Å². The van der Waals surface area contributed by atoms with Crippen molar-refractivity contribution in [2.24, 2.45) is 0 Å². The predicted octanol–water partition coefficient (Wildman–Crippen LogP) is 1.33. The van der Waals surface area contributed by atoms with Gasteiger partial charge in [0, 0.05) is 44.1 Å². The molecule has 1 N–H and O–H groups in total. The van der Waals surface area contributed by atoms with Crippen molar-refractivity contribution in [2.75, 3.05) is 38.1 Å². The lowest BCUT2D eigenvalue weighted by Crippen LogP contribution is -2.50. The summed E-state index contributed by atoms with van der Waals surface area (Å²) < 4.78 is 0. The van der Waals surface area contributed by atoms with E-state index in [-0.39, 0.29) is 0 Å². The summed E-state index contributed by atoms with van der Waals surface area (Å²) >= 11 is 0. The normalized spacial score (nSPS) is 21.3. The third-order valence-electron chi connectivity index (χ3n) is 3.68. The molecule has 1 aromatic rings. The fourth-order valence-corrected chi connectivity index (χ4v) is 2.29. The van der Waals surface area contributed by atoms with Gasteiger partial charge in [0.05, 0.1) is 5.69 Å². The van der Waals surface area contributed by atoms with E-state index in [4.69, 9.17) is 0 Å². The van der Waals surface area contributed by atoms with E-state index in [9.17, 15) is 0 Å². The van der Waals surface area contributed by atoms with Crippen LogP contribution in [-0.4, -0.2) is 49.2 Å². The first kappa shape index (κ1) is 13.3. The highest BCUT2D eigenvalue weighted by molar-refractivity contribution is 5.47. The quantitative estimate of drug-likeness (QED) is 0.871. The fraction of sp³-hybridized carbons (Fsp3) is 0.643. The molecular formula is C14H24N4. The predicted molar refractivity (Wildman–Crippen MR) is 75.9 cm³/mol. The number of anilines is 1. The summed E-state index contributed by atoms with van der Waals surface area (Å²) in [4.78, 5) is 9.28. The highest BCUT2D eigenvalue weighted by Gasteiger charge is 2.20. The molecule has 0 bridgehead atoms. The van der Waals surface area contributed by atoms with E-state index in [1.807, 2.05) is 6.20 Å². The average molecular weight is 248 g/mol. The lowest BCUT2D eigenvalue weighted by atomic mass is 10.2. The van der Waals surface area contributed by atoms with Gasteiger partial charge < -0.3 is 15.1 Å². The van der Waals surface area contributed by atoms with Gasteiger partial charge in [-0.15, -0.1) is 0 Å². The monoisotopic (exact) mass is 248 g/mol. The van der Waals surface area contributed by atoms with Crippen LogP contribution >= 0.6 is 0 Å². The number of hydrogen-bond donors (Lipinski definition) is 1. The summed E-state index contributed by atoms with van der Waals surface area (Å²) in [5.74, 6) is 0. The summed E-state index contributed by atoms with van der Waals surface area (Å²) in [6.07, 6.45) is 1.92. The summed E-state index contributed by atoms with van der Waals surface area (Å²) in [5.41, 5.74) is 2.43. The molecule has 0 spiro atoms. The van der Waals surface area contributed by atoms with E-state index in [1.165, 1.54) is 5.69 Å². The van der Waals surface area contributed by atoms with Gasteiger partial charge in [-0.3, -0.25) is 4.98 Å². The number of hydrogen-bond acceptors (Lipinski definition) is 4. The number of aromatic nitrogens is 1. The van der Waals surface area contributed by atoms with Crippen LogP contribution in [0.1, 0.15) is 19.5 Å². The molecule has 100 valence electrons. The van der Waals surface area contributed by atoms with Crippen molar-refractivity contribution in [1.82, 2.24) is 15.2 Å². The topological polar surface area (TPSA) is 31.4 Å². The Hall–Kier alpha value is -1.13. The number of rotatable bonds is 4. The molecule has 0 aliphatic carbocycles. The Bertz CT molecular complexity index is 380. The Kier molecular flexibility index (Phi) is 4.55. The Morgan fingerprint density at radius 1 is 1.44 bits per heavy atom. The molecule has 1 aliphatic rings. The molecule has 2 heterocycles. The van der Waals surface area contributed by atoms with Crippen molar-refractivity contribution in [3.63, 3.8) is 0 Å². The third kappa shape index (κ3) is 3.21. The maximum absolute atomic E-state index is 4.41. The number of likely N-dealkylation sites (N-methyl/N-ethyl adjacent to an activating group) is 1. The van der Waals surface area contributed by atoms with Gasteiger partial charge in [-0.05, 0) is 32.6 Å². The molecule has 1 aliphatic heterocycles. The van der Waals surface area contributed by atoms with Crippen LogP contribution < -0.4 is 10.2 Å². The fourth-order valence-electron chi connectivity index (χ4n) is 2.29. The minimum atomic E-state index is 0.615. The number of pyridine rings is 1. The molecule has 0 amide bonds. The van der Waals surface area contributed by atoms with E-state index in [1.54, 1.807) is 0 Å². The Morgan fingerprint density at radius 3 is 3.00 bits per heavy atom. The van der Waals surface area contributed by atoms with Crippen molar-refractivity contribution < 1.29 is 0 Å². The number of nitrogens with zero attached hydrogens (tertiary/aromatic N) is 3. The average Bonchev–Trinajstić information content (AvgIpc) is 2.40. The van der Waals surface area contributed by atoms with E-state index >= 15 is 0 Å². The van der Waals surface area contributed by atoms with Crippen LogP contribution in [0.15, 0.2) is 18.3 Å². The van der Waals surface area contributed by atoms with E-state index in [0.29, 0.717) is 6.04 Å². The van der Waals surface area contributed by atoms with E-state index in [2.05, 4.69) is 53.1 Å². The van der Waals surface area contributed by atoms with Crippen LogP contribution in [0.5, 0.6) is 0 Å². The first-order chi connectivity index (χ1) is 8.70. The molecule has 18 heavy (non-hydrogen) atoms. The molecule has 0 radical (unpaired) electrons. The first-order valence-corrected chi connectivity index (χ1v) is 6.81. The molecule has 2 rings (SSSR count). The second kappa shape index (κ2) is 6.16. The van der Waals surface area contributed by atoms with E-state index < -0.39 is 0 Å². The van der Waals surface area contributed by atoms with Gasteiger partial charge in [-0.2, -0.15) is 0 Å². The van der Waals surface area contributed by atoms with Gasteiger partial charge in [0.25, 0.3) is 0 Å². The van der Waals surface area contributed by atoms with Gasteiger partial charge >= 0.3 is 0 Å². The zero-order chi connectivity index (χ0) is 13.0. The zero-order valence-corrected chi connectivity index (χ0v) is 11.7. The zero-order valence-electron chi connectivity index (χ0n) is 11.7. The number of nitrogens with one attached hydrogen (secondary N) is 1. The SMILES string of the molecule is CCNCc1cc(N2CCN(C)C(C)C2)ccn1. The molecule has 1 saturated heterocycles. The first-order valence-electron chi connectivity index (χ1n) is 6.81. The Morgan fingerprint density at radius 2 is 2.28 bits per heavy atom. The summed E-state index contributed by atoms with van der Waals surface area (Å²) in [7, 11) is 2.20. The minimum absolute atomic E-state index is 0.615. The van der Waals surface area contributed by atoms with Crippen molar-refractivity contribution >= 4 is 5.69 Å². The van der Waals surface area contributed by atoms with Gasteiger partial charge in [0.1, 0.15) is 0 Å². The van der Waals surface area contributed by atoms with Crippen LogP contribution in [0.3, 0.4) is 0 Å². The lowest BCUT2D eigenvalue weighted by molar-refractivity contribution is 0.234. The lowest BCUT2D eigenvalue weighted by Gasteiger charge is -2.39. The molecule has 1 atom stereocenters. The molecule has 1 aromatic heterocycles. The summed E-state index contributed by atoms with van der Waals surface area (Å²) in [6.45, 7) is 9.57. The molecular weight excluding hydrogens is 224 g/mol. The second-order valence-corrected chi connectivity index (χ2v) is 5.06. The van der Waals surface area contributed by atoms with Gasteiger partial charge in [-0.25, -0.2) is 0 Å². The molecule has 0 saturated carbocycles. The minimum Gasteiger partial charge on any atom is -0.369 e. The number of piperazine rings is 1. The Labute approximate surface area is 110 Å². The molecule has 4 nitrogen and oxygen atoms in total. The van der Waals surface area contributed by atoms with Crippen LogP contribution in [0.4, 0.5) is 5.69 Å².